The second-order valence-corrected chi connectivity index (χ2v) is 8.60. The van der Waals surface area contributed by atoms with Crippen molar-refractivity contribution in [2.75, 3.05) is 26.0 Å². The molecule has 0 aromatic heterocycles. The molecule has 0 unspecified atom stereocenters. The van der Waals surface area contributed by atoms with Crippen LogP contribution in [0.3, 0.4) is 0 Å². The highest BCUT2D eigenvalue weighted by Gasteiger charge is 2.42. The Balaban J connectivity index is 2.71. The Labute approximate surface area is 130 Å². The molecule has 0 aromatic rings. The maximum atomic E-state index is 12.5. The van der Waals surface area contributed by atoms with Gasteiger partial charge < -0.3 is 10.5 Å². The maximum Gasteiger partial charge on any atom is 0.216 e. The summed E-state index contributed by atoms with van der Waals surface area (Å²) in [5.41, 5.74) is 5.56. The van der Waals surface area contributed by atoms with Crippen molar-refractivity contribution >= 4 is 10.0 Å². The Morgan fingerprint density at radius 1 is 1.33 bits per heavy atom. The van der Waals surface area contributed by atoms with Crippen LogP contribution in [-0.4, -0.2) is 50.3 Å². The maximum absolute atomic E-state index is 12.5. The Morgan fingerprint density at radius 3 is 2.33 bits per heavy atom. The van der Waals surface area contributed by atoms with E-state index >= 15 is 0 Å². The fourth-order valence-electron chi connectivity index (χ4n) is 3.09. The van der Waals surface area contributed by atoms with E-state index in [4.69, 9.17) is 10.5 Å². The van der Waals surface area contributed by atoms with Crippen molar-refractivity contribution in [3.05, 3.63) is 0 Å². The number of likely N-dealkylation sites (N-methyl/N-ethyl adjacent to an activating group) is 1. The zero-order valence-corrected chi connectivity index (χ0v) is 14.8. The number of hydrogen-bond donors (Lipinski definition) is 1. The SMILES string of the molecule is CCC1CCC(CN)(N(C)S(=O)(=O)CCOC(C)C)CC1. The lowest BCUT2D eigenvalue weighted by Gasteiger charge is -2.45. The molecular formula is C15H32N2O3S. The van der Waals surface area contributed by atoms with Gasteiger partial charge in [0.15, 0.2) is 0 Å². The van der Waals surface area contributed by atoms with E-state index in [1.165, 1.54) is 10.7 Å². The van der Waals surface area contributed by atoms with E-state index in [-0.39, 0.29) is 18.5 Å². The average molecular weight is 320 g/mol. The number of nitrogens with zero attached hydrogens (tertiary/aromatic N) is 1. The second kappa shape index (κ2) is 7.90. The first-order valence-corrected chi connectivity index (χ1v) is 9.66. The van der Waals surface area contributed by atoms with Crippen molar-refractivity contribution in [1.29, 1.82) is 0 Å². The van der Waals surface area contributed by atoms with E-state index < -0.39 is 15.6 Å². The van der Waals surface area contributed by atoms with E-state index in [0.29, 0.717) is 12.5 Å². The number of hydrogen-bond acceptors (Lipinski definition) is 4. The van der Waals surface area contributed by atoms with Gasteiger partial charge in [0.1, 0.15) is 0 Å². The highest BCUT2D eigenvalue weighted by molar-refractivity contribution is 7.89. The first-order chi connectivity index (χ1) is 9.77. The third-order valence-electron chi connectivity index (χ3n) is 4.87. The zero-order chi connectivity index (χ0) is 16.1. The molecule has 5 nitrogen and oxygen atoms in total. The van der Waals surface area contributed by atoms with Crippen LogP contribution in [0.5, 0.6) is 0 Å². The largest absolute Gasteiger partial charge is 0.378 e. The van der Waals surface area contributed by atoms with Crippen LogP contribution >= 0.6 is 0 Å². The summed E-state index contributed by atoms with van der Waals surface area (Å²) in [5, 5.41) is 0. The number of nitrogens with two attached hydrogens (primary N) is 1. The van der Waals surface area contributed by atoms with Gasteiger partial charge in [0.05, 0.1) is 18.5 Å². The monoisotopic (exact) mass is 320 g/mol. The summed E-state index contributed by atoms with van der Waals surface area (Å²) in [6.45, 7) is 6.64. The van der Waals surface area contributed by atoms with Gasteiger partial charge in [-0.3, -0.25) is 0 Å². The molecule has 0 amide bonds. The predicted molar refractivity (Wildman–Crippen MR) is 86.7 cm³/mol. The van der Waals surface area contributed by atoms with Crippen molar-refractivity contribution in [3.63, 3.8) is 0 Å². The van der Waals surface area contributed by atoms with Crippen LogP contribution in [0.2, 0.25) is 0 Å². The predicted octanol–water partition coefficient (Wildman–Crippen LogP) is 1.97. The summed E-state index contributed by atoms with van der Waals surface area (Å²) in [5.74, 6) is 0.741. The molecule has 0 aromatic carbocycles. The van der Waals surface area contributed by atoms with E-state index in [1.807, 2.05) is 13.8 Å². The lowest BCUT2D eigenvalue weighted by molar-refractivity contribution is 0.0885. The molecule has 0 spiro atoms. The Morgan fingerprint density at radius 2 is 1.90 bits per heavy atom. The topological polar surface area (TPSA) is 72.6 Å². The molecule has 0 atom stereocenters. The van der Waals surface area contributed by atoms with Crippen LogP contribution < -0.4 is 5.73 Å². The number of sulfonamides is 1. The van der Waals surface area contributed by atoms with Gasteiger partial charge in [-0.1, -0.05) is 13.3 Å². The third-order valence-corrected chi connectivity index (χ3v) is 6.78. The van der Waals surface area contributed by atoms with Crippen molar-refractivity contribution < 1.29 is 13.2 Å². The van der Waals surface area contributed by atoms with Gasteiger partial charge in [0.2, 0.25) is 10.0 Å². The summed E-state index contributed by atoms with van der Waals surface area (Å²) >= 11 is 0. The van der Waals surface area contributed by atoms with Crippen molar-refractivity contribution in [3.8, 4) is 0 Å². The molecule has 1 aliphatic rings. The first kappa shape index (κ1) is 18.9. The smallest absolute Gasteiger partial charge is 0.216 e. The second-order valence-electron chi connectivity index (χ2n) is 6.48. The van der Waals surface area contributed by atoms with E-state index in [2.05, 4.69) is 6.92 Å². The highest BCUT2D eigenvalue weighted by atomic mass is 32.2. The molecule has 126 valence electrons. The third kappa shape index (κ3) is 4.91. The minimum absolute atomic E-state index is 0.0284. The van der Waals surface area contributed by atoms with Crippen LogP contribution in [0.4, 0.5) is 0 Å². The lowest BCUT2D eigenvalue weighted by Crippen LogP contribution is -2.56. The molecule has 1 fully saturated rings. The zero-order valence-electron chi connectivity index (χ0n) is 14.0. The van der Waals surface area contributed by atoms with Gasteiger partial charge in [-0.05, 0) is 45.4 Å². The van der Waals surface area contributed by atoms with Crippen LogP contribution in [-0.2, 0) is 14.8 Å². The van der Waals surface area contributed by atoms with Crippen molar-refractivity contribution in [1.82, 2.24) is 4.31 Å². The van der Waals surface area contributed by atoms with Gasteiger partial charge in [-0.25, -0.2) is 8.42 Å². The summed E-state index contributed by atoms with van der Waals surface area (Å²) in [6, 6.07) is 0. The Hall–Kier alpha value is -0.170. The molecule has 0 aliphatic heterocycles. The summed E-state index contributed by atoms with van der Waals surface area (Å²) in [4.78, 5) is 0. The van der Waals surface area contributed by atoms with Gasteiger partial charge in [0, 0.05) is 19.1 Å². The van der Waals surface area contributed by atoms with E-state index in [0.717, 1.165) is 25.7 Å². The van der Waals surface area contributed by atoms with Crippen LogP contribution in [0, 0.1) is 5.92 Å². The van der Waals surface area contributed by atoms with E-state index in [1.54, 1.807) is 7.05 Å². The molecule has 6 heteroatoms. The van der Waals surface area contributed by atoms with E-state index in [9.17, 15) is 8.42 Å². The Kier molecular flexibility index (Phi) is 7.10. The standard InChI is InChI=1S/C15H32N2O3S/c1-5-14-6-8-15(12-16,9-7-14)17(4)21(18,19)11-10-20-13(2)3/h13-14H,5-12,16H2,1-4H3. The number of rotatable bonds is 8. The molecule has 2 N–H and O–H groups in total. The van der Waals surface area contributed by atoms with Crippen molar-refractivity contribution in [2.45, 2.75) is 64.5 Å². The molecule has 1 saturated carbocycles. The fraction of sp³-hybridized carbons (Fsp3) is 1.00. The molecule has 21 heavy (non-hydrogen) atoms. The summed E-state index contributed by atoms with van der Waals surface area (Å²) in [6.07, 6.45) is 5.07. The Bertz CT molecular complexity index is 401. The number of ether oxygens (including phenoxy) is 1. The molecule has 1 aliphatic carbocycles. The first-order valence-electron chi connectivity index (χ1n) is 8.06. The van der Waals surface area contributed by atoms with Gasteiger partial charge >= 0.3 is 0 Å². The summed E-state index contributed by atoms with van der Waals surface area (Å²) < 4.78 is 32.0. The normalized spacial score (nSPS) is 27.5. The fourth-order valence-corrected chi connectivity index (χ4v) is 4.52. The van der Waals surface area contributed by atoms with Gasteiger partial charge in [-0.15, -0.1) is 0 Å². The lowest BCUT2D eigenvalue weighted by atomic mass is 9.75. The molecule has 0 heterocycles. The average Bonchev–Trinajstić information content (AvgIpc) is 2.46. The summed E-state index contributed by atoms with van der Waals surface area (Å²) in [7, 11) is -1.64. The molecule has 0 radical (unpaired) electrons. The minimum atomic E-state index is -3.32. The molecule has 0 bridgehead atoms. The molecule has 0 saturated heterocycles. The van der Waals surface area contributed by atoms with Crippen molar-refractivity contribution in [2.24, 2.45) is 11.7 Å². The highest BCUT2D eigenvalue weighted by Crippen LogP contribution is 2.37. The minimum Gasteiger partial charge on any atom is -0.378 e. The molecular weight excluding hydrogens is 288 g/mol. The van der Waals surface area contributed by atoms with Crippen LogP contribution in [0.1, 0.15) is 52.9 Å². The van der Waals surface area contributed by atoms with Gasteiger partial charge in [0.25, 0.3) is 0 Å². The van der Waals surface area contributed by atoms with Crippen LogP contribution in [0.25, 0.3) is 0 Å². The van der Waals surface area contributed by atoms with Crippen LogP contribution in [0.15, 0.2) is 0 Å². The molecule has 1 rings (SSSR count). The quantitative estimate of drug-likeness (QED) is 0.742. The van der Waals surface area contributed by atoms with Gasteiger partial charge in [-0.2, -0.15) is 4.31 Å².